The molecule has 0 heterocycles. The Morgan fingerprint density at radius 1 is 0.839 bits per heavy atom. The summed E-state index contributed by atoms with van der Waals surface area (Å²) in [6.07, 6.45) is 1.88. The number of hydrogen-bond acceptors (Lipinski definition) is 9. The van der Waals surface area contributed by atoms with Gasteiger partial charge < -0.3 is 36.4 Å². The van der Waals surface area contributed by atoms with Gasteiger partial charge >= 0.3 is 8.80 Å². The van der Waals surface area contributed by atoms with Crippen molar-refractivity contribution in [1.82, 2.24) is 0 Å². The van der Waals surface area contributed by atoms with Crippen LogP contribution < -0.4 is 4.89 Å². The highest BCUT2D eigenvalue weighted by Crippen LogP contribution is 2.37. The Labute approximate surface area is 194 Å². The first-order chi connectivity index (χ1) is 14.6. The number of ether oxygens (including phenoxy) is 1. The minimum Gasteiger partial charge on any atom is -0.756 e. The van der Waals surface area contributed by atoms with E-state index in [2.05, 4.69) is 0 Å². The molecule has 0 rings (SSSR count). The first kappa shape index (κ1) is 31.5. The molecule has 0 aliphatic heterocycles. The molecule has 12 heteroatoms. The van der Waals surface area contributed by atoms with E-state index in [0.717, 1.165) is 30.4 Å². The molecule has 0 saturated carbocycles. The van der Waals surface area contributed by atoms with Gasteiger partial charge in [-0.25, -0.2) is 0 Å². The van der Waals surface area contributed by atoms with Crippen molar-refractivity contribution in [2.45, 2.75) is 39.7 Å². The summed E-state index contributed by atoms with van der Waals surface area (Å²) in [5.74, 6) is 1.98. The number of nitrogens with zero attached hydrogens (tertiary/aromatic N) is 1. The molecule has 0 aromatic rings. The van der Waals surface area contributed by atoms with E-state index in [0.29, 0.717) is 37.5 Å². The van der Waals surface area contributed by atoms with Crippen LogP contribution in [0.1, 0.15) is 33.6 Å². The molecule has 0 aromatic carbocycles. The minimum absolute atomic E-state index is 0.0305. The van der Waals surface area contributed by atoms with Gasteiger partial charge in [0, 0.05) is 32.5 Å². The van der Waals surface area contributed by atoms with Crippen molar-refractivity contribution in [3.8, 4) is 0 Å². The number of phosphoric ester groups is 1. The summed E-state index contributed by atoms with van der Waals surface area (Å²) in [6.45, 7) is 9.15. The predicted molar refractivity (Wildman–Crippen MR) is 125 cm³/mol. The van der Waals surface area contributed by atoms with E-state index in [1.807, 2.05) is 53.7 Å². The van der Waals surface area contributed by atoms with Crippen molar-refractivity contribution in [3.63, 3.8) is 0 Å². The molecule has 9 nitrogen and oxygen atoms in total. The Bertz CT molecular complexity index is 467. The first-order valence-corrected chi connectivity index (χ1v) is 15.6. The number of likely N-dealkylation sites (N-methyl/N-ethyl adjacent to an activating group) is 1. The average molecular weight is 506 g/mol. The fraction of sp³-hybridized carbons (Fsp3) is 1.00. The Hall–Kier alpha value is 0.477. The molecule has 1 atom stereocenters. The second kappa shape index (κ2) is 17.9. The van der Waals surface area contributed by atoms with Crippen molar-refractivity contribution in [2.24, 2.45) is 0 Å². The second-order valence-corrected chi connectivity index (χ2v) is 13.2. The van der Waals surface area contributed by atoms with Crippen LogP contribution in [0, 0.1) is 0 Å². The van der Waals surface area contributed by atoms with E-state index in [1.165, 1.54) is 0 Å². The maximum absolute atomic E-state index is 11.6. The molecule has 0 aromatic heterocycles. The van der Waals surface area contributed by atoms with Gasteiger partial charge in [-0.05, 0) is 45.1 Å². The minimum atomic E-state index is -4.25. The normalized spacial score (nSPS) is 14.7. The molecule has 0 aliphatic carbocycles. The van der Waals surface area contributed by atoms with Crippen LogP contribution in [0.15, 0.2) is 0 Å². The first-order valence-electron chi connectivity index (χ1n) is 11.1. The highest BCUT2D eigenvalue weighted by molar-refractivity contribution is 7.99. The van der Waals surface area contributed by atoms with Gasteiger partial charge in [0.15, 0.2) is 0 Å². The Morgan fingerprint density at radius 3 is 1.94 bits per heavy atom. The zero-order valence-electron chi connectivity index (χ0n) is 20.3. The van der Waals surface area contributed by atoms with Crippen molar-refractivity contribution < 1.29 is 41.0 Å². The highest BCUT2D eigenvalue weighted by Gasteiger charge is 2.39. The molecular formula is C19H44NO8PSSi. The number of quaternary nitrogens is 1. The van der Waals surface area contributed by atoms with E-state index in [4.69, 9.17) is 27.1 Å². The lowest BCUT2D eigenvalue weighted by molar-refractivity contribution is -0.870. The third kappa shape index (κ3) is 18.6. The Balaban J connectivity index is 3.73. The maximum Gasteiger partial charge on any atom is 0.500 e. The van der Waals surface area contributed by atoms with Crippen molar-refractivity contribution in [3.05, 3.63) is 0 Å². The zero-order chi connectivity index (χ0) is 23.6. The van der Waals surface area contributed by atoms with Gasteiger partial charge in [-0.15, -0.1) is 0 Å². The number of thioether (sulfide) groups is 1. The summed E-state index contributed by atoms with van der Waals surface area (Å²) in [5.41, 5.74) is 0. The van der Waals surface area contributed by atoms with E-state index in [-0.39, 0.29) is 19.8 Å². The van der Waals surface area contributed by atoms with Crippen LogP contribution >= 0.6 is 19.6 Å². The quantitative estimate of drug-likeness (QED) is 0.0952. The smallest absolute Gasteiger partial charge is 0.500 e. The topological polar surface area (TPSA) is 95.5 Å². The van der Waals surface area contributed by atoms with E-state index < -0.39 is 16.6 Å². The van der Waals surface area contributed by atoms with Crippen LogP contribution in [0.2, 0.25) is 6.04 Å². The van der Waals surface area contributed by atoms with Crippen LogP contribution in [0.5, 0.6) is 0 Å². The third-order valence-electron chi connectivity index (χ3n) is 3.93. The fourth-order valence-electron chi connectivity index (χ4n) is 2.53. The monoisotopic (exact) mass is 505 g/mol. The highest BCUT2D eigenvalue weighted by atomic mass is 32.2. The molecule has 0 amide bonds. The van der Waals surface area contributed by atoms with Crippen LogP contribution in [0.25, 0.3) is 0 Å². The molecule has 188 valence electrons. The standard InChI is InChI=1S/C19H44NO8PSSi/c1-7-26-31(27-8-2,28-9-3)19-11-18-30-17-10-13-23-15-16-25-29(21,22)24-14-12-20(4,5)6/h7-19H2,1-6H3. The molecule has 0 radical (unpaired) electrons. The van der Waals surface area contributed by atoms with Crippen LogP contribution in [-0.2, 0) is 31.6 Å². The van der Waals surface area contributed by atoms with E-state index >= 15 is 0 Å². The van der Waals surface area contributed by atoms with Gasteiger partial charge in [-0.1, -0.05) is 0 Å². The van der Waals surface area contributed by atoms with Crippen molar-refractivity contribution in [2.75, 3.05) is 85.4 Å². The summed E-state index contributed by atoms with van der Waals surface area (Å²) >= 11 is 1.86. The molecular weight excluding hydrogens is 461 g/mol. The van der Waals surface area contributed by atoms with Gasteiger partial charge in [0.2, 0.25) is 0 Å². The summed E-state index contributed by atoms with van der Waals surface area (Å²) in [4.78, 5) is 11.6. The predicted octanol–water partition coefficient (Wildman–Crippen LogP) is 2.77. The molecule has 0 bridgehead atoms. The Kier molecular flexibility index (Phi) is 18.2. The molecule has 0 spiro atoms. The average Bonchev–Trinajstić information content (AvgIpc) is 2.65. The molecule has 0 saturated heterocycles. The lowest BCUT2D eigenvalue weighted by Gasteiger charge is -2.28. The molecule has 0 aliphatic rings. The van der Waals surface area contributed by atoms with Gasteiger partial charge in [-0.3, -0.25) is 4.57 Å². The lowest BCUT2D eigenvalue weighted by atomic mass is 10.5. The van der Waals surface area contributed by atoms with Crippen LogP contribution in [0.4, 0.5) is 0 Å². The summed E-state index contributed by atoms with van der Waals surface area (Å²) in [7, 11) is -0.899. The Morgan fingerprint density at radius 2 is 1.39 bits per heavy atom. The van der Waals surface area contributed by atoms with Crippen LogP contribution in [0.3, 0.4) is 0 Å². The second-order valence-electron chi connectivity index (χ2n) is 7.79. The summed E-state index contributed by atoms with van der Waals surface area (Å²) < 4.78 is 44.9. The summed E-state index contributed by atoms with van der Waals surface area (Å²) in [6, 6.07) is 0.829. The largest absolute Gasteiger partial charge is 0.756 e. The molecule has 0 N–H and O–H groups in total. The lowest BCUT2D eigenvalue weighted by Crippen LogP contribution is -2.46. The number of hydrogen-bond donors (Lipinski definition) is 0. The zero-order valence-corrected chi connectivity index (χ0v) is 23.0. The molecule has 1 unspecified atom stereocenters. The number of rotatable bonds is 22. The van der Waals surface area contributed by atoms with E-state index in [1.54, 1.807) is 0 Å². The van der Waals surface area contributed by atoms with Gasteiger partial charge in [0.05, 0.1) is 34.4 Å². The molecule has 0 fully saturated rings. The SMILES string of the molecule is CCO[Si](CCCSCCCOCCOP(=O)([O-])OCC[N+](C)(C)C)(OCC)OCC. The fourth-order valence-corrected chi connectivity index (χ4v) is 6.95. The maximum atomic E-state index is 11.6. The summed E-state index contributed by atoms with van der Waals surface area (Å²) in [5, 5.41) is 0. The van der Waals surface area contributed by atoms with Gasteiger partial charge in [-0.2, -0.15) is 11.8 Å². The molecule has 31 heavy (non-hydrogen) atoms. The van der Waals surface area contributed by atoms with Crippen molar-refractivity contribution in [1.29, 1.82) is 0 Å². The van der Waals surface area contributed by atoms with Crippen molar-refractivity contribution >= 4 is 28.4 Å². The third-order valence-corrected chi connectivity index (χ3v) is 9.23. The number of phosphoric acid groups is 1. The van der Waals surface area contributed by atoms with Gasteiger partial charge in [0.25, 0.3) is 7.82 Å². The van der Waals surface area contributed by atoms with E-state index in [9.17, 15) is 9.46 Å². The van der Waals surface area contributed by atoms with Crippen LogP contribution in [-0.4, -0.2) is 98.7 Å². The van der Waals surface area contributed by atoms with Gasteiger partial charge in [0.1, 0.15) is 13.2 Å².